The van der Waals surface area contributed by atoms with Crippen molar-refractivity contribution in [1.29, 1.82) is 0 Å². The first kappa shape index (κ1) is 18.9. The zero-order chi connectivity index (χ0) is 19.2. The van der Waals surface area contributed by atoms with Crippen molar-refractivity contribution in [1.82, 2.24) is 10.6 Å². The number of carboxylic acids is 1. The maximum absolute atomic E-state index is 12.1. The molecule has 3 N–H and O–H groups in total. The maximum atomic E-state index is 12.1. The van der Waals surface area contributed by atoms with Gasteiger partial charge in [-0.2, -0.15) is 11.3 Å². The van der Waals surface area contributed by atoms with Crippen molar-refractivity contribution < 1.29 is 24.2 Å². The van der Waals surface area contributed by atoms with E-state index in [4.69, 9.17) is 4.74 Å². The second-order valence-corrected chi connectivity index (χ2v) is 6.96. The topological polar surface area (TPSA) is 105 Å². The second-order valence-electron chi connectivity index (χ2n) is 6.18. The van der Waals surface area contributed by atoms with Crippen molar-refractivity contribution in [2.75, 3.05) is 13.2 Å². The van der Waals surface area contributed by atoms with Gasteiger partial charge in [0.15, 0.2) is 6.04 Å². The lowest BCUT2D eigenvalue weighted by Crippen LogP contribution is -2.34. The smallest absolute Gasteiger partial charge is 0.330 e. The summed E-state index contributed by atoms with van der Waals surface area (Å²) in [4.78, 5) is 35.5. The van der Waals surface area contributed by atoms with Crippen molar-refractivity contribution >= 4 is 29.1 Å². The molecule has 1 atom stereocenters. The highest BCUT2D eigenvalue weighted by Crippen LogP contribution is 2.28. The van der Waals surface area contributed by atoms with Gasteiger partial charge in [-0.1, -0.05) is 6.07 Å². The Bertz CT molecular complexity index is 835. The summed E-state index contributed by atoms with van der Waals surface area (Å²) in [6.07, 6.45) is 1.28. The third kappa shape index (κ3) is 4.85. The Morgan fingerprint density at radius 2 is 2.11 bits per heavy atom. The van der Waals surface area contributed by atoms with Gasteiger partial charge in [-0.05, 0) is 41.1 Å². The summed E-state index contributed by atoms with van der Waals surface area (Å²) >= 11 is 1.44. The molecular formula is C19H20N2O5S. The monoisotopic (exact) mass is 388 g/mol. The Balaban J connectivity index is 1.49. The van der Waals surface area contributed by atoms with Gasteiger partial charge in [0, 0.05) is 30.3 Å². The molecule has 0 radical (unpaired) electrons. The highest BCUT2D eigenvalue weighted by Gasteiger charge is 2.24. The third-order valence-corrected chi connectivity index (χ3v) is 4.93. The quantitative estimate of drug-likeness (QED) is 0.601. The fourth-order valence-corrected chi connectivity index (χ4v) is 3.49. The molecule has 27 heavy (non-hydrogen) atoms. The number of benzene rings is 1. The van der Waals surface area contributed by atoms with E-state index in [-0.39, 0.29) is 18.2 Å². The van der Waals surface area contributed by atoms with Gasteiger partial charge in [-0.25, -0.2) is 4.79 Å². The van der Waals surface area contributed by atoms with Crippen LogP contribution in [0.3, 0.4) is 0 Å². The number of thiophene rings is 1. The van der Waals surface area contributed by atoms with Crippen molar-refractivity contribution in [3.8, 4) is 5.75 Å². The number of hydrogen-bond acceptors (Lipinski definition) is 5. The molecule has 3 rings (SSSR count). The van der Waals surface area contributed by atoms with Gasteiger partial charge in [0.1, 0.15) is 5.75 Å². The molecule has 142 valence electrons. The average Bonchev–Trinajstić information content (AvgIpc) is 3.33. The molecule has 2 heterocycles. The summed E-state index contributed by atoms with van der Waals surface area (Å²) in [7, 11) is 0. The van der Waals surface area contributed by atoms with E-state index in [2.05, 4.69) is 10.6 Å². The van der Waals surface area contributed by atoms with Gasteiger partial charge >= 0.3 is 5.97 Å². The van der Waals surface area contributed by atoms with Crippen LogP contribution >= 0.6 is 11.3 Å². The predicted molar refractivity (Wildman–Crippen MR) is 100 cm³/mol. The molecule has 0 spiro atoms. The zero-order valence-corrected chi connectivity index (χ0v) is 15.4. The summed E-state index contributed by atoms with van der Waals surface area (Å²) in [5.74, 6) is -0.909. The van der Waals surface area contributed by atoms with Crippen LogP contribution in [0.1, 0.15) is 40.4 Å². The first-order valence-electron chi connectivity index (χ1n) is 8.63. The third-order valence-electron chi connectivity index (χ3n) is 4.25. The molecule has 2 amide bonds. The molecule has 7 nitrogen and oxygen atoms in total. The van der Waals surface area contributed by atoms with Gasteiger partial charge in [0.05, 0.1) is 6.61 Å². The zero-order valence-electron chi connectivity index (χ0n) is 14.6. The Morgan fingerprint density at radius 1 is 1.26 bits per heavy atom. The lowest BCUT2D eigenvalue weighted by molar-refractivity contribution is -0.142. The Morgan fingerprint density at radius 3 is 2.85 bits per heavy atom. The second kappa shape index (κ2) is 8.68. The van der Waals surface area contributed by atoms with Crippen LogP contribution in [0.4, 0.5) is 0 Å². The van der Waals surface area contributed by atoms with Crippen molar-refractivity contribution in [2.24, 2.45) is 0 Å². The molecule has 0 aliphatic carbocycles. The fourth-order valence-electron chi connectivity index (χ4n) is 2.85. The molecule has 0 saturated carbocycles. The maximum Gasteiger partial charge on any atom is 0.330 e. The minimum Gasteiger partial charge on any atom is -0.493 e. The van der Waals surface area contributed by atoms with E-state index in [0.717, 1.165) is 17.7 Å². The molecular weight excluding hydrogens is 368 g/mol. The van der Waals surface area contributed by atoms with Crippen molar-refractivity contribution in [2.45, 2.75) is 25.3 Å². The summed E-state index contributed by atoms with van der Waals surface area (Å²) < 4.78 is 5.42. The minimum atomic E-state index is -1.12. The first-order chi connectivity index (χ1) is 13.0. The van der Waals surface area contributed by atoms with Crippen LogP contribution in [0.5, 0.6) is 5.75 Å². The molecule has 0 saturated heterocycles. The van der Waals surface area contributed by atoms with E-state index in [0.29, 0.717) is 30.7 Å². The van der Waals surface area contributed by atoms with Gasteiger partial charge < -0.3 is 20.5 Å². The first-order valence-corrected chi connectivity index (χ1v) is 9.57. The standard InChI is InChI=1S/C19H20N2O5S/c22-16(2-1-7-20-18(23)14-6-9-27-11-14)21-17(19(24)25)13-3-4-15-12(10-13)5-8-26-15/h3-4,6,9-11,17H,1-2,5,7-8H2,(H,20,23)(H,21,22)(H,24,25). The normalized spacial score (nSPS) is 13.3. The number of aliphatic carboxylic acids is 1. The van der Waals surface area contributed by atoms with Gasteiger partial charge in [-0.15, -0.1) is 0 Å². The van der Waals surface area contributed by atoms with Crippen LogP contribution < -0.4 is 15.4 Å². The molecule has 1 aliphatic heterocycles. The van der Waals surface area contributed by atoms with Gasteiger partial charge in [0.2, 0.25) is 5.91 Å². The lowest BCUT2D eigenvalue weighted by Gasteiger charge is -2.16. The SMILES string of the molecule is O=C(CCCNC(=O)c1ccsc1)NC(C(=O)O)c1ccc2c(c1)CCO2. The van der Waals surface area contributed by atoms with E-state index < -0.39 is 12.0 Å². The number of amides is 2. The highest BCUT2D eigenvalue weighted by molar-refractivity contribution is 7.08. The van der Waals surface area contributed by atoms with Crippen LogP contribution in [0.25, 0.3) is 0 Å². The Hall–Kier alpha value is -2.87. The highest BCUT2D eigenvalue weighted by atomic mass is 32.1. The minimum absolute atomic E-state index is 0.127. The van der Waals surface area contributed by atoms with Crippen molar-refractivity contribution in [3.05, 3.63) is 51.7 Å². The summed E-state index contributed by atoms with van der Waals surface area (Å²) in [6.45, 7) is 0.927. The molecule has 1 unspecified atom stereocenters. The number of fused-ring (bicyclic) bond motifs is 1. The van der Waals surface area contributed by atoms with E-state index in [1.807, 2.05) is 5.38 Å². The average molecular weight is 388 g/mol. The number of hydrogen-bond donors (Lipinski definition) is 3. The van der Waals surface area contributed by atoms with Crippen LogP contribution in [-0.2, 0) is 16.0 Å². The van der Waals surface area contributed by atoms with Crippen LogP contribution in [0.2, 0.25) is 0 Å². The molecule has 1 aliphatic rings. The van der Waals surface area contributed by atoms with Crippen molar-refractivity contribution in [3.63, 3.8) is 0 Å². The molecule has 2 aromatic rings. The number of carbonyl (C=O) groups excluding carboxylic acids is 2. The van der Waals surface area contributed by atoms with Crippen LogP contribution in [0.15, 0.2) is 35.0 Å². The molecule has 8 heteroatoms. The molecule has 1 aromatic heterocycles. The van der Waals surface area contributed by atoms with E-state index in [9.17, 15) is 19.5 Å². The summed E-state index contributed by atoms with van der Waals surface area (Å²) in [5.41, 5.74) is 2.06. The van der Waals surface area contributed by atoms with E-state index in [1.165, 1.54) is 11.3 Å². The molecule has 0 fully saturated rings. The Kier molecular flexibility index (Phi) is 6.08. The number of ether oxygens (including phenoxy) is 1. The Labute approximate surface area is 160 Å². The lowest BCUT2D eigenvalue weighted by atomic mass is 10.0. The van der Waals surface area contributed by atoms with Crippen LogP contribution in [-0.4, -0.2) is 36.0 Å². The number of rotatable bonds is 8. The number of nitrogens with one attached hydrogen (secondary N) is 2. The van der Waals surface area contributed by atoms with Gasteiger partial charge in [0.25, 0.3) is 5.91 Å². The number of carbonyl (C=O) groups is 3. The summed E-state index contributed by atoms with van der Waals surface area (Å²) in [6, 6.07) is 5.78. The van der Waals surface area contributed by atoms with Crippen LogP contribution in [0, 0.1) is 0 Å². The number of carboxylic acid groups (broad SMARTS) is 1. The van der Waals surface area contributed by atoms with E-state index >= 15 is 0 Å². The largest absolute Gasteiger partial charge is 0.493 e. The predicted octanol–water partition coefficient (Wildman–Crippen LogP) is 2.14. The molecule has 1 aromatic carbocycles. The fraction of sp³-hybridized carbons (Fsp3) is 0.316. The molecule has 0 bridgehead atoms. The van der Waals surface area contributed by atoms with Gasteiger partial charge in [-0.3, -0.25) is 9.59 Å². The van der Waals surface area contributed by atoms with E-state index in [1.54, 1.807) is 29.6 Å². The summed E-state index contributed by atoms with van der Waals surface area (Å²) in [5, 5.41) is 18.3.